The molecular formula is C5H3N. The zero-order valence-electron chi connectivity index (χ0n) is 3.23. The Morgan fingerprint density at radius 3 is 1.67 bits per heavy atom. The quantitative estimate of drug-likeness (QED) is 0.393. The van der Waals surface area contributed by atoms with Crippen LogP contribution in [0, 0.1) is 26.2 Å². The molecule has 0 amide bonds. The molecule has 0 atom stereocenters. The number of rotatable bonds is 0. The van der Waals surface area contributed by atoms with Crippen LogP contribution in [0.25, 0.3) is 0 Å². The Kier molecular flexibility index (Phi) is 91.5. The van der Waals surface area contributed by atoms with Crippen LogP contribution in [-0.4, -0.2) is 0 Å². The van der Waals surface area contributed by atoms with Gasteiger partial charge in [-0.3, -0.25) is 0 Å². The highest BCUT2D eigenvalue weighted by Crippen LogP contribution is 1.41. The molecule has 0 rings (SSSR count). The van der Waals surface area contributed by atoms with Gasteiger partial charge in [0.15, 0.2) is 0 Å². The largest absolute Gasteiger partial charge is 0.193 e. The fourth-order valence-electron chi connectivity index (χ4n) is 0. The fourth-order valence-corrected chi connectivity index (χ4v) is 0. The Hall–Kier alpha value is -0.770. The number of nitriles is 1. The van der Waals surface area contributed by atoms with Crippen LogP contribution in [0.1, 0.15) is 0 Å². The van der Waals surface area contributed by atoms with E-state index in [9.17, 15) is 0 Å². The van der Waals surface area contributed by atoms with Crippen molar-refractivity contribution in [1.29, 1.82) is 5.26 Å². The van der Waals surface area contributed by atoms with Crippen LogP contribution < -0.4 is 0 Å². The van der Waals surface area contributed by atoms with Gasteiger partial charge < -0.3 is 0 Å². The first-order chi connectivity index (χ1) is 1.91. The lowest BCUT2D eigenvalue weighted by molar-refractivity contribution is 1.54. The van der Waals surface area contributed by atoms with E-state index >= 15 is 0 Å². The van der Waals surface area contributed by atoms with Gasteiger partial charge in [-0.2, -0.15) is 5.26 Å². The van der Waals surface area contributed by atoms with E-state index in [-0.39, 0.29) is 14.9 Å². The van der Waals surface area contributed by atoms with Gasteiger partial charge in [-0.25, -0.2) is 0 Å². The smallest absolute Gasteiger partial charge is 0.0905 e. The Bertz CT molecular complexity index is 49.4. The van der Waals surface area contributed by atoms with Crippen molar-refractivity contribution in [3.05, 3.63) is 27.5 Å². The van der Waals surface area contributed by atoms with Crippen LogP contribution in [-0.2, 0) is 0 Å². The summed E-state index contributed by atoms with van der Waals surface area (Å²) < 4.78 is 0. The molecule has 0 aromatic carbocycles. The normalized spacial score (nSPS) is 2.50. The predicted octanol–water partition coefficient (Wildman–Crippen LogP) is 0.859. The third-order valence-electron chi connectivity index (χ3n) is 0.0913. The maximum Gasteiger partial charge on any atom is 0.0905 e. The Labute approximate surface area is 39.9 Å². The summed E-state index contributed by atoms with van der Waals surface area (Å²) in [5.41, 5.74) is 0. The van der Waals surface area contributed by atoms with Gasteiger partial charge in [-0.15, -0.1) is 0 Å². The molecule has 6 heavy (non-hydrogen) atoms. The molecule has 0 saturated heterocycles. The molecule has 0 bridgehead atoms. The molecule has 0 fully saturated rings. The van der Waals surface area contributed by atoms with Crippen molar-refractivity contribution < 1.29 is 0 Å². The third-order valence-corrected chi connectivity index (χ3v) is 0.0913. The van der Waals surface area contributed by atoms with Crippen molar-refractivity contribution in [3.63, 3.8) is 0 Å². The average Bonchev–Trinajstić information content (AvgIpc) is 1.37. The van der Waals surface area contributed by atoms with Gasteiger partial charge in [-0.05, 0) is 0 Å². The van der Waals surface area contributed by atoms with E-state index in [1.165, 1.54) is 6.08 Å². The molecule has 8 radical (unpaired) electrons. The van der Waals surface area contributed by atoms with E-state index in [1.807, 2.05) is 0 Å². The molecule has 1 nitrogen and oxygen atoms in total. The first-order valence-electron chi connectivity index (χ1n) is 0.921. The average molecular weight is 77.1 g/mol. The molecule has 0 aliphatic rings. The molecule has 0 N–H and O–H groups in total. The highest BCUT2D eigenvalue weighted by molar-refractivity contribution is 4.93. The van der Waals surface area contributed by atoms with Crippen molar-refractivity contribution in [3.8, 4) is 6.07 Å². The summed E-state index contributed by atoms with van der Waals surface area (Å²) >= 11 is 0. The molecule has 1 heteroatoms. The van der Waals surface area contributed by atoms with Crippen molar-refractivity contribution in [2.45, 2.75) is 0 Å². The molecule has 28 valence electrons. The Morgan fingerprint density at radius 2 is 1.67 bits per heavy atom. The van der Waals surface area contributed by atoms with E-state index < -0.39 is 0 Å². The van der Waals surface area contributed by atoms with Gasteiger partial charge in [0.2, 0.25) is 0 Å². The van der Waals surface area contributed by atoms with Crippen molar-refractivity contribution >= 4 is 0 Å². The van der Waals surface area contributed by atoms with E-state index in [0.29, 0.717) is 0 Å². The lowest BCUT2D eigenvalue weighted by Gasteiger charge is -1.31. The second-order valence-electron chi connectivity index (χ2n) is 0.333. The summed E-state index contributed by atoms with van der Waals surface area (Å²) in [5.74, 6) is 0. The predicted molar refractivity (Wildman–Crippen MR) is 22.3 cm³/mol. The van der Waals surface area contributed by atoms with Crippen LogP contribution in [0.5, 0.6) is 0 Å². The minimum absolute atomic E-state index is 0. The summed E-state index contributed by atoms with van der Waals surface area (Å²) in [7, 11) is 0. The first kappa shape index (κ1) is 18.8. The van der Waals surface area contributed by atoms with E-state index in [4.69, 9.17) is 5.26 Å². The topological polar surface area (TPSA) is 23.8 Å². The van der Waals surface area contributed by atoms with Gasteiger partial charge in [0.25, 0.3) is 0 Å². The lowest BCUT2D eigenvalue weighted by Crippen LogP contribution is -1.23. The second kappa shape index (κ2) is 29.2. The van der Waals surface area contributed by atoms with Crippen molar-refractivity contribution in [2.24, 2.45) is 0 Å². The summed E-state index contributed by atoms with van der Waals surface area (Å²) in [6.07, 6.45) is 1.18. The standard InChI is InChI=1S/C3H3N.2C/c1-2-3-4;;/h2H,1H2;;. The van der Waals surface area contributed by atoms with Crippen LogP contribution in [0.4, 0.5) is 0 Å². The SMILES string of the molecule is C=CC#N.[C].[C]. The van der Waals surface area contributed by atoms with Gasteiger partial charge in [-0.1, -0.05) is 6.58 Å². The molecule has 0 aromatic rings. The van der Waals surface area contributed by atoms with Gasteiger partial charge in [0.05, 0.1) is 6.07 Å². The molecule has 0 aliphatic heterocycles. The lowest BCUT2D eigenvalue weighted by atomic mass is 10.8. The zero-order valence-corrected chi connectivity index (χ0v) is 3.23. The first-order valence-corrected chi connectivity index (χ1v) is 0.921. The van der Waals surface area contributed by atoms with Crippen LogP contribution in [0.3, 0.4) is 0 Å². The number of hydrogen-bond acceptors (Lipinski definition) is 1. The van der Waals surface area contributed by atoms with Crippen molar-refractivity contribution in [2.75, 3.05) is 0 Å². The molecule has 0 spiro atoms. The number of allylic oxidation sites excluding steroid dienone is 1. The maximum atomic E-state index is 7.51. The van der Waals surface area contributed by atoms with Crippen molar-refractivity contribution in [1.82, 2.24) is 0 Å². The summed E-state index contributed by atoms with van der Waals surface area (Å²) in [5, 5.41) is 7.51. The molecule has 0 heterocycles. The van der Waals surface area contributed by atoms with Crippen LogP contribution >= 0.6 is 0 Å². The molecule has 0 aromatic heterocycles. The molecule has 0 aliphatic carbocycles. The maximum absolute atomic E-state index is 7.51. The number of nitrogens with zero attached hydrogens (tertiary/aromatic N) is 1. The van der Waals surface area contributed by atoms with Crippen LogP contribution in [0.2, 0.25) is 0 Å². The molecule has 0 unspecified atom stereocenters. The second-order valence-corrected chi connectivity index (χ2v) is 0.333. The summed E-state index contributed by atoms with van der Waals surface area (Å²) in [6.45, 7) is 3.12. The highest BCUT2D eigenvalue weighted by Gasteiger charge is 1.34. The Balaban J connectivity index is -0.0000000450. The Morgan fingerprint density at radius 1 is 1.50 bits per heavy atom. The van der Waals surface area contributed by atoms with E-state index in [2.05, 4.69) is 6.58 Å². The van der Waals surface area contributed by atoms with Gasteiger partial charge in [0, 0.05) is 20.9 Å². The molecular weight excluding hydrogens is 74.1 g/mol. The number of hydrogen-bond donors (Lipinski definition) is 0. The van der Waals surface area contributed by atoms with Crippen LogP contribution in [0.15, 0.2) is 12.7 Å². The van der Waals surface area contributed by atoms with Gasteiger partial charge in [0.1, 0.15) is 0 Å². The summed E-state index contributed by atoms with van der Waals surface area (Å²) in [4.78, 5) is 0. The monoisotopic (exact) mass is 77.0 g/mol. The highest BCUT2D eigenvalue weighted by atomic mass is 14.2. The minimum Gasteiger partial charge on any atom is -0.193 e. The zero-order chi connectivity index (χ0) is 3.41. The van der Waals surface area contributed by atoms with E-state index in [1.54, 1.807) is 6.07 Å². The minimum atomic E-state index is 0. The molecule has 0 saturated carbocycles. The van der Waals surface area contributed by atoms with E-state index in [0.717, 1.165) is 0 Å². The summed E-state index contributed by atoms with van der Waals surface area (Å²) in [6, 6.07) is 1.69. The van der Waals surface area contributed by atoms with Gasteiger partial charge >= 0.3 is 0 Å². The fraction of sp³-hybridized carbons (Fsp3) is 0. The third kappa shape index (κ3) is 304.